The van der Waals surface area contributed by atoms with Gasteiger partial charge in [-0.3, -0.25) is 4.79 Å². The van der Waals surface area contributed by atoms with Crippen molar-refractivity contribution in [3.05, 3.63) is 149 Å². The molecule has 5 aromatic rings. The Labute approximate surface area is 261 Å². The third-order valence-corrected chi connectivity index (χ3v) is 8.24. The summed E-state index contributed by atoms with van der Waals surface area (Å²) in [6, 6.07) is 36.8. The minimum absolute atomic E-state index is 0.237. The molecule has 7 nitrogen and oxygen atoms in total. The summed E-state index contributed by atoms with van der Waals surface area (Å²) in [7, 11) is 0. The van der Waals surface area contributed by atoms with E-state index in [-0.39, 0.29) is 18.1 Å². The second-order valence-corrected chi connectivity index (χ2v) is 11.3. The van der Waals surface area contributed by atoms with E-state index in [1.165, 1.54) is 25.1 Å². The molecule has 5 aromatic carbocycles. The summed E-state index contributed by atoms with van der Waals surface area (Å²) in [5, 5.41) is 32.9. The molecule has 228 valence electrons. The Hall–Kier alpha value is -5.27. The average Bonchev–Trinajstić information content (AvgIpc) is 3.06. The van der Waals surface area contributed by atoms with E-state index in [9.17, 15) is 20.1 Å². The molecule has 45 heavy (non-hydrogen) atoms. The molecule has 6 rings (SSSR count). The number of hydrogen-bond acceptors (Lipinski definition) is 7. The molecule has 0 saturated carbocycles. The summed E-state index contributed by atoms with van der Waals surface area (Å²) in [5.74, 6) is -0.740. The molecule has 7 heteroatoms. The summed E-state index contributed by atoms with van der Waals surface area (Å²) in [6.45, 7) is 1.88. The number of rotatable bonds is 10. The molecular formula is C38H34O7. The van der Waals surface area contributed by atoms with E-state index in [1.54, 1.807) is 12.1 Å². The van der Waals surface area contributed by atoms with Gasteiger partial charge in [0.1, 0.15) is 30.5 Å². The third-order valence-electron chi connectivity index (χ3n) is 8.24. The van der Waals surface area contributed by atoms with Crippen LogP contribution in [-0.4, -0.2) is 26.7 Å². The number of carbonyl (C=O) groups excluding carboxylic acids is 1. The van der Waals surface area contributed by atoms with Gasteiger partial charge in [0.2, 0.25) is 0 Å². The maximum absolute atomic E-state index is 13.6. The molecule has 1 unspecified atom stereocenters. The molecule has 0 aromatic heterocycles. The first-order chi connectivity index (χ1) is 21.8. The lowest BCUT2D eigenvalue weighted by Gasteiger charge is -2.45. The molecular weight excluding hydrogens is 568 g/mol. The number of fused-ring (bicyclic) bond motifs is 1. The lowest BCUT2D eigenvalue weighted by atomic mass is 9.69. The Morgan fingerprint density at radius 2 is 1.31 bits per heavy atom. The Balaban J connectivity index is 1.51. The number of phenolic OH excluding ortho intramolecular Hbond substituents is 2. The lowest BCUT2D eigenvalue weighted by Crippen LogP contribution is -2.53. The molecule has 1 heterocycles. The van der Waals surface area contributed by atoms with E-state index in [0.717, 1.165) is 16.7 Å². The van der Waals surface area contributed by atoms with Crippen LogP contribution in [0.4, 0.5) is 0 Å². The van der Waals surface area contributed by atoms with Gasteiger partial charge in [0.25, 0.3) is 0 Å². The number of aromatic hydroxyl groups is 2. The molecule has 0 bridgehead atoms. The van der Waals surface area contributed by atoms with Gasteiger partial charge in [-0.05, 0) is 47.7 Å². The van der Waals surface area contributed by atoms with Gasteiger partial charge >= 0.3 is 0 Å². The van der Waals surface area contributed by atoms with E-state index in [0.29, 0.717) is 41.4 Å². The van der Waals surface area contributed by atoms with Gasteiger partial charge in [0.15, 0.2) is 29.0 Å². The molecule has 0 radical (unpaired) electrons. The Bertz CT molecular complexity index is 1770. The minimum Gasteiger partial charge on any atom is -0.504 e. The molecule has 0 aliphatic carbocycles. The van der Waals surface area contributed by atoms with Gasteiger partial charge in [0, 0.05) is 23.6 Å². The van der Waals surface area contributed by atoms with E-state index in [2.05, 4.69) is 0 Å². The SMILES string of the molecule is CC(=O)[C@]1(O)C(Cc2ccccc2)c2c(OCc3ccccc3)cc(OCc3ccccc3)cc2O[C@@H]1c1ccc(O)c(O)c1. The number of hydrogen-bond donors (Lipinski definition) is 3. The quantitative estimate of drug-likeness (QED) is 0.147. The molecule has 1 aliphatic heterocycles. The summed E-state index contributed by atoms with van der Waals surface area (Å²) in [6.07, 6.45) is -0.922. The number of phenols is 2. The fraction of sp³-hybridized carbons (Fsp3) is 0.184. The predicted octanol–water partition coefficient (Wildman–Crippen LogP) is 7.04. The minimum atomic E-state index is -2.07. The van der Waals surface area contributed by atoms with Crippen LogP contribution in [0.25, 0.3) is 0 Å². The number of carbonyl (C=O) groups is 1. The Kier molecular flexibility index (Phi) is 8.45. The zero-order chi connectivity index (χ0) is 31.4. The van der Waals surface area contributed by atoms with E-state index >= 15 is 0 Å². The summed E-state index contributed by atoms with van der Waals surface area (Å²) in [5.41, 5.74) is 1.63. The maximum Gasteiger partial charge on any atom is 0.171 e. The van der Waals surface area contributed by atoms with Crippen LogP contribution in [0.3, 0.4) is 0 Å². The number of ketones is 1. The summed E-state index contributed by atoms with van der Waals surface area (Å²) >= 11 is 0. The van der Waals surface area contributed by atoms with Gasteiger partial charge in [-0.25, -0.2) is 0 Å². The van der Waals surface area contributed by atoms with E-state index in [4.69, 9.17) is 14.2 Å². The van der Waals surface area contributed by atoms with Crippen LogP contribution in [0.2, 0.25) is 0 Å². The van der Waals surface area contributed by atoms with Crippen molar-refractivity contribution < 1.29 is 34.3 Å². The lowest BCUT2D eigenvalue weighted by molar-refractivity contribution is -0.154. The van der Waals surface area contributed by atoms with Crippen molar-refractivity contribution in [3.8, 4) is 28.7 Å². The predicted molar refractivity (Wildman–Crippen MR) is 170 cm³/mol. The molecule has 3 atom stereocenters. The van der Waals surface area contributed by atoms with Crippen molar-refractivity contribution in [1.29, 1.82) is 0 Å². The summed E-state index contributed by atoms with van der Waals surface area (Å²) in [4.78, 5) is 13.6. The van der Waals surface area contributed by atoms with Crippen LogP contribution in [0.1, 0.15) is 46.8 Å². The zero-order valence-corrected chi connectivity index (χ0v) is 24.8. The highest BCUT2D eigenvalue weighted by atomic mass is 16.5. The topological polar surface area (TPSA) is 105 Å². The van der Waals surface area contributed by atoms with Crippen molar-refractivity contribution in [2.24, 2.45) is 0 Å². The van der Waals surface area contributed by atoms with Crippen LogP contribution in [0.5, 0.6) is 28.7 Å². The number of Topliss-reactive ketones (excluding diaryl/α,β-unsaturated/α-hetero) is 1. The fourth-order valence-electron chi connectivity index (χ4n) is 5.88. The second kappa shape index (κ2) is 12.8. The van der Waals surface area contributed by atoms with Crippen LogP contribution < -0.4 is 14.2 Å². The Morgan fingerprint density at radius 1 is 0.733 bits per heavy atom. The maximum atomic E-state index is 13.6. The standard InChI is InChI=1S/C38H34O7/c1-25(39)38(42)31(19-26-11-5-2-6-12-26)36-34(44-24-28-15-9-4-10-16-28)21-30(43-23-27-13-7-3-8-14-27)22-35(36)45-37(38)29-17-18-32(40)33(41)20-29/h2-18,20-22,31,37,40-42H,19,23-24H2,1H3/t31?,37-,38+/m1/s1. The van der Waals surface area contributed by atoms with Crippen LogP contribution in [0, 0.1) is 0 Å². The first kappa shape index (κ1) is 29.8. The van der Waals surface area contributed by atoms with Gasteiger partial charge in [-0.2, -0.15) is 0 Å². The molecule has 1 aliphatic rings. The van der Waals surface area contributed by atoms with Crippen molar-refractivity contribution in [2.45, 2.75) is 44.2 Å². The van der Waals surface area contributed by atoms with Crippen molar-refractivity contribution in [2.75, 3.05) is 0 Å². The number of benzene rings is 5. The normalized spacial score (nSPS) is 18.8. The van der Waals surface area contributed by atoms with Crippen molar-refractivity contribution in [3.63, 3.8) is 0 Å². The molecule has 0 amide bonds. The van der Waals surface area contributed by atoms with Crippen molar-refractivity contribution >= 4 is 5.78 Å². The molecule has 3 N–H and O–H groups in total. The van der Waals surface area contributed by atoms with Crippen LogP contribution in [-0.2, 0) is 24.4 Å². The largest absolute Gasteiger partial charge is 0.504 e. The van der Waals surface area contributed by atoms with E-state index in [1.807, 2.05) is 91.0 Å². The zero-order valence-electron chi connectivity index (χ0n) is 24.8. The molecule has 0 spiro atoms. The second-order valence-electron chi connectivity index (χ2n) is 11.3. The Morgan fingerprint density at radius 3 is 1.89 bits per heavy atom. The number of ether oxygens (including phenoxy) is 3. The smallest absolute Gasteiger partial charge is 0.171 e. The van der Waals surface area contributed by atoms with Gasteiger partial charge < -0.3 is 29.5 Å². The highest BCUT2D eigenvalue weighted by Gasteiger charge is 2.56. The molecule has 0 saturated heterocycles. The van der Waals surface area contributed by atoms with Gasteiger partial charge in [-0.15, -0.1) is 0 Å². The summed E-state index contributed by atoms with van der Waals surface area (Å²) < 4.78 is 19.2. The first-order valence-electron chi connectivity index (χ1n) is 14.8. The van der Waals surface area contributed by atoms with Gasteiger partial charge in [0.05, 0.1) is 0 Å². The average molecular weight is 603 g/mol. The van der Waals surface area contributed by atoms with Crippen molar-refractivity contribution in [1.82, 2.24) is 0 Å². The first-order valence-corrected chi connectivity index (χ1v) is 14.8. The van der Waals surface area contributed by atoms with Crippen LogP contribution >= 0.6 is 0 Å². The van der Waals surface area contributed by atoms with Gasteiger partial charge in [-0.1, -0.05) is 97.1 Å². The highest BCUT2D eigenvalue weighted by molar-refractivity contribution is 5.88. The molecule has 0 fully saturated rings. The highest BCUT2D eigenvalue weighted by Crippen LogP contribution is 2.55. The number of aliphatic hydroxyl groups is 1. The fourth-order valence-corrected chi connectivity index (χ4v) is 5.88. The van der Waals surface area contributed by atoms with Crippen LogP contribution in [0.15, 0.2) is 121 Å². The monoisotopic (exact) mass is 602 g/mol. The van der Waals surface area contributed by atoms with E-state index < -0.39 is 23.4 Å². The third kappa shape index (κ3) is 6.21.